The molecule has 0 radical (unpaired) electrons. The highest BCUT2D eigenvalue weighted by Crippen LogP contribution is 2.22. The van der Waals surface area contributed by atoms with Gasteiger partial charge >= 0.3 is 0 Å². The van der Waals surface area contributed by atoms with Crippen LogP contribution in [-0.2, 0) is 13.6 Å². The average Bonchev–Trinajstić information content (AvgIpc) is 3.12. The number of thioether (sulfide) groups is 1. The molecule has 0 aliphatic heterocycles. The first-order valence-electron chi connectivity index (χ1n) is 8.89. The van der Waals surface area contributed by atoms with E-state index in [0.29, 0.717) is 17.3 Å². The summed E-state index contributed by atoms with van der Waals surface area (Å²) >= 11 is 1.97. The van der Waals surface area contributed by atoms with E-state index >= 15 is 0 Å². The second kappa shape index (κ2) is 10.6. The third-order valence-corrected chi connectivity index (χ3v) is 5.46. The van der Waals surface area contributed by atoms with E-state index < -0.39 is 0 Å². The molecular weight excluding hydrogens is 447 g/mol. The topological polar surface area (TPSA) is 67.1 Å². The van der Waals surface area contributed by atoms with Crippen molar-refractivity contribution in [3.05, 3.63) is 11.6 Å². The van der Waals surface area contributed by atoms with Gasteiger partial charge in [-0.1, -0.05) is 33.6 Å². The van der Waals surface area contributed by atoms with Crippen molar-refractivity contribution in [2.24, 2.45) is 12.0 Å². The number of aliphatic imine (C=N–C) groups is 1. The minimum atomic E-state index is 0. The number of aromatic nitrogens is 3. The number of nitrogens with zero attached hydrogens (tertiary/aromatic N) is 4. The first-order valence-corrected chi connectivity index (χ1v) is 9.87. The zero-order valence-electron chi connectivity index (χ0n) is 16.1. The fourth-order valence-corrected chi connectivity index (χ4v) is 3.50. The van der Waals surface area contributed by atoms with Crippen LogP contribution in [0.1, 0.15) is 58.1 Å². The highest BCUT2D eigenvalue weighted by Gasteiger charge is 2.16. The summed E-state index contributed by atoms with van der Waals surface area (Å²) in [5.41, 5.74) is 0. The smallest absolute Gasteiger partial charge is 0.191 e. The van der Waals surface area contributed by atoms with E-state index in [9.17, 15) is 0 Å². The Morgan fingerprint density at radius 2 is 1.96 bits per heavy atom. The van der Waals surface area contributed by atoms with Gasteiger partial charge in [-0.25, -0.2) is 4.99 Å². The molecule has 1 aliphatic carbocycles. The van der Waals surface area contributed by atoms with Crippen molar-refractivity contribution >= 4 is 41.7 Å². The van der Waals surface area contributed by atoms with Crippen LogP contribution in [0.15, 0.2) is 4.99 Å². The molecule has 0 unspecified atom stereocenters. The van der Waals surface area contributed by atoms with Crippen molar-refractivity contribution in [3.63, 3.8) is 0 Å². The number of halogens is 1. The lowest BCUT2D eigenvalue weighted by Crippen LogP contribution is -2.43. The van der Waals surface area contributed by atoms with Crippen molar-refractivity contribution in [2.75, 3.05) is 12.3 Å². The summed E-state index contributed by atoms with van der Waals surface area (Å²) in [7, 11) is 1.98. The van der Waals surface area contributed by atoms with Gasteiger partial charge in [0.1, 0.15) is 12.4 Å². The van der Waals surface area contributed by atoms with Crippen molar-refractivity contribution in [3.8, 4) is 0 Å². The van der Waals surface area contributed by atoms with Crippen LogP contribution in [0, 0.1) is 6.92 Å². The molecule has 1 aromatic heterocycles. The molecule has 0 bridgehead atoms. The average molecular weight is 480 g/mol. The molecule has 1 heterocycles. The Hall–Kier alpha value is -0.510. The van der Waals surface area contributed by atoms with Gasteiger partial charge in [0, 0.05) is 30.1 Å². The first kappa shape index (κ1) is 22.5. The lowest BCUT2D eigenvalue weighted by Gasteiger charge is -2.20. The summed E-state index contributed by atoms with van der Waals surface area (Å²) in [4.78, 5) is 4.73. The van der Waals surface area contributed by atoms with Crippen LogP contribution < -0.4 is 10.6 Å². The van der Waals surface area contributed by atoms with Gasteiger partial charge in [-0.3, -0.25) is 0 Å². The summed E-state index contributed by atoms with van der Waals surface area (Å²) in [6.07, 6.45) is 5.10. The Balaban J connectivity index is 0.00000312. The van der Waals surface area contributed by atoms with Crippen molar-refractivity contribution in [1.29, 1.82) is 0 Å². The lowest BCUT2D eigenvalue weighted by atomic mass is 10.2. The molecule has 0 atom stereocenters. The number of aryl methyl sites for hydroxylation is 1. The maximum atomic E-state index is 4.73. The van der Waals surface area contributed by atoms with Gasteiger partial charge in [0.05, 0.1) is 0 Å². The van der Waals surface area contributed by atoms with E-state index in [4.69, 9.17) is 4.99 Å². The fraction of sp³-hybridized carbons (Fsp3) is 0.824. The molecule has 1 aromatic rings. The van der Waals surface area contributed by atoms with Crippen LogP contribution in [0.3, 0.4) is 0 Å². The third kappa shape index (κ3) is 8.15. The van der Waals surface area contributed by atoms with Crippen LogP contribution >= 0.6 is 35.7 Å². The van der Waals surface area contributed by atoms with Gasteiger partial charge in [0.25, 0.3) is 0 Å². The maximum absolute atomic E-state index is 4.73. The van der Waals surface area contributed by atoms with Crippen molar-refractivity contribution in [1.82, 2.24) is 25.4 Å². The third-order valence-electron chi connectivity index (χ3n) is 4.19. The highest BCUT2D eigenvalue weighted by atomic mass is 127. The van der Waals surface area contributed by atoms with E-state index in [-0.39, 0.29) is 24.0 Å². The van der Waals surface area contributed by atoms with Crippen LogP contribution in [0.4, 0.5) is 0 Å². The largest absolute Gasteiger partial charge is 0.356 e. The van der Waals surface area contributed by atoms with Gasteiger partial charge in [-0.15, -0.1) is 34.2 Å². The second-order valence-electron chi connectivity index (χ2n) is 7.40. The summed E-state index contributed by atoms with van der Waals surface area (Å²) in [6, 6.07) is 0.549. The summed E-state index contributed by atoms with van der Waals surface area (Å²) in [5, 5.41) is 15.4. The normalized spacial score (nSPS) is 16.0. The molecule has 8 heteroatoms. The van der Waals surface area contributed by atoms with E-state index in [1.807, 2.05) is 30.3 Å². The van der Waals surface area contributed by atoms with Crippen LogP contribution in [0.2, 0.25) is 0 Å². The lowest BCUT2D eigenvalue weighted by molar-refractivity contribution is 0.612. The minimum absolute atomic E-state index is 0. The zero-order chi connectivity index (χ0) is 17.6. The number of hydrogen-bond donors (Lipinski definition) is 2. The molecule has 1 saturated carbocycles. The summed E-state index contributed by atoms with van der Waals surface area (Å²) in [5.74, 6) is 3.78. The molecule has 6 nitrogen and oxygen atoms in total. The number of hydrogen-bond acceptors (Lipinski definition) is 4. The monoisotopic (exact) mass is 480 g/mol. The predicted molar refractivity (Wildman–Crippen MR) is 118 cm³/mol. The standard InChI is InChI=1S/C17H32N6S.HI/c1-13-21-22-15(23(13)5)12-19-16(20-14-8-6-7-9-14)18-10-11-24-17(2,3)4;/h14H,6-12H2,1-5H3,(H2,18,19,20);1H. The van der Waals surface area contributed by atoms with Crippen molar-refractivity contribution < 1.29 is 0 Å². The summed E-state index contributed by atoms with van der Waals surface area (Å²) in [6.45, 7) is 10.2. The number of nitrogens with one attached hydrogen (secondary N) is 2. The molecule has 0 amide bonds. The fourth-order valence-electron chi connectivity index (χ4n) is 2.68. The molecule has 0 saturated heterocycles. The van der Waals surface area contributed by atoms with Gasteiger partial charge in [-0.05, 0) is 19.8 Å². The quantitative estimate of drug-likeness (QED) is 0.283. The van der Waals surface area contributed by atoms with Gasteiger partial charge in [0.2, 0.25) is 0 Å². The van der Waals surface area contributed by atoms with Crippen LogP contribution in [0.5, 0.6) is 0 Å². The number of guanidine groups is 1. The Bertz CT molecular complexity index is 546. The van der Waals surface area contributed by atoms with Crippen molar-refractivity contribution in [2.45, 2.75) is 70.7 Å². The Kier molecular flexibility index (Phi) is 9.55. The molecule has 1 fully saturated rings. The molecule has 1 aliphatic rings. The first-order chi connectivity index (χ1) is 11.3. The Morgan fingerprint density at radius 3 is 2.52 bits per heavy atom. The maximum Gasteiger partial charge on any atom is 0.191 e. The van der Waals surface area contributed by atoms with E-state index in [1.54, 1.807) is 0 Å². The molecule has 25 heavy (non-hydrogen) atoms. The molecule has 144 valence electrons. The predicted octanol–water partition coefficient (Wildman–Crippen LogP) is 3.25. The molecule has 0 aromatic carbocycles. The molecule has 2 N–H and O–H groups in total. The minimum Gasteiger partial charge on any atom is -0.356 e. The van der Waals surface area contributed by atoms with Crippen LogP contribution in [-0.4, -0.2) is 43.8 Å². The number of rotatable bonds is 6. The summed E-state index contributed by atoms with van der Waals surface area (Å²) < 4.78 is 2.29. The second-order valence-corrected chi connectivity index (χ2v) is 9.32. The van der Waals surface area contributed by atoms with E-state index in [2.05, 4.69) is 41.6 Å². The van der Waals surface area contributed by atoms with E-state index in [1.165, 1.54) is 25.7 Å². The van der Waals surface area contributed by atoms with Gasteiger partial charge in [-0.2, -0.15) is 11.8 Å². The SMILES string of the molecule is Cc1nnc(CN=C(NCCSC(C)(C)C)NC2CCCC2)n1C.I. The van der Waals surface area contributed by atoms with Gasteiger partial charge < -0.3 is 15.2 Å². The van der Waals surface area contributed by atoms with Gasteiger partial charge in [0.15, 0.2) is 11.8 Å². The zero-order valence-corrected chi connectivity index (χ0v) is 19.3. The molecule has 0 spiro atoms. The highest BCUT2D eigenvalue weighted by molar-refractivity contribution is 14.0. The molecular formula is C17H33IN6S. The molecule has 2 rings (SSSR count). The Morgan fingerprint density at radius 1 is 1.28 bits per heavy atom. The van der Waals surface area contributed by atoms with Crippen LogP contribution in [0.25, 0.3) is 0 Å². The Labute approximate surface area is 173 Å². The van der Waals surface area contributed by atoms with E-state index in [0.717, 1.165) is 29.9 Å².